The van der Waals surface area contributed by atoms with Crippen LogP contribution in [0.15, 0.2) is 24.3 Å². The van der Waals surface area contributed by atoms with Gasteiger partial charge in [0, 0.05) is 12.6 Å². The number of rotatable bonds is 17. The van der Waals surface area contributed by atoms with E-state index >= 15 is 0 Å². The second kappa shape index (κ2) is 17.4. The molecule has 4 amide bonds. The van der Waals surface area contributed by atoms with Crippen LogP contribution in [0, 0.1) is 0 Å². The fraction of sp³-hybridized carbons (Fsp3) is 0.667. The largest absolute Gasteiger partial charge is 0.508 e. The molecule has 1 rings (SSSR count). The number of hydrogen-bond donors (Lipinski definition) is 4. The predicted molar refractivity (Wildman–Crippen MR) is 155 cm³/mol. The lowest BCUT2D eigenvalue weighted by atomic mass is 10.0. The van der Waals surface area contributed by atoms with E-state index in [4.69, 9.17) is 10.5 Å². The number of carbonyl (C=O) groups is 4. The van der Waals surface area contributed by atoms with Crippen LogP contribution in [0.4, 0.5) is 4.79 Å². The van der Waals surface area contributed by atoms with Gasteiger partial charge in [0.15, 0.2) is 0 Å². The van der Waals surface area contributed by atoms with E-state index < -0.39 is 42.0 Å². The summed E-state index contributed by atoms with van der Waals surface area (Å²) in [4.78, 5) is 53.7. The molecule has 1 aromatic rings. The quantitative estimate of drug-likeness (QED) is 0.202. The van der Waals surface area contributed by atoms with Crippen LogP contribution in [0.3, 0.4) is 0 Å². The number of hydrogen-bond acceptors (Lipinski definition) is 6. The Morgan fingerprint density at radius 3 is 2.10 bits per heavy atom. The summed E-state index contributed by atoms with van der Waals surface area (Å²) in [6.45, 7) is 11.3. The number of primary amides is 1. The number of phenolic OH excluding ortho intramolecular Hbond substituents is 1. The number of benzene rings is 1. The highest BCUT2D eigenvalue weighted by Gasteiger charge is 2.37. The van der Waals surface area contributed by atoms with Crippen LogP contribution >= 0.6 is 0 Å². The second-order valence-corrected chi connectivity index (χ2v) is 11.4. The van der Waals surface area contributed by atoms with Crippen molar-refractivity contribution < 1.29 is 29.0 Å². The Kier molecular flexibility index (Phi) is 15.1. The molecule has 40 heavy (non-hydrogen) atoms. The highest BCUT2D eigenvalue weighted by Crippen LogP contribution is 2.26. The zero-order valence-electron chi connectivity index (χ0n) is 25.1. The first-order valence-corrected chi connectivity index (χ1v) is 14.5. The van der Waals surface area contributed by atoms with Crippen molar-refractivity contribution in [2.45, 2.75) is 123 Å². The Hall–Kier alpha value is -3.30. The minimum atomic E-state index is -1.33. The second-order valence-electron chi connectivity index (χ2n) is 11.4. The molecule has 10 nitrogen and oxygen atoms in total. The molecule has 5 N–H and O–H groups in total. The van der Waals surface area contributed by atoms with Crippen molar-refractivity contribution in [3.05, 3.63) is 29.8 Å². The fourth-order valence-electron chi connectivity index (χ4n) is 4.44. The van der Waals surface area contributed by atoms with E-state index in [0.717, 1.165) is 44.9 Å². The molecule has 0 bridgehead atoms. The van der Waals surface area contributed by atoms with E-state index in [2.05, 4.69) is 17.6 Å². The summed E-state index contributed by atoms with van der Waals surface area (Å²) in [7, 11) is 0. The summed E-state index contributed by atoms with van der Waals surface area (Å²) < 4.78 is 5.32. The lowest BCUT2D eigenvalue weighted by Crippen LogP contribution is -2.54. The summed E-state index contributed by atoms with van der Waals surface area (Å²) in [5.74, 6) is -1.76. The van der Waals surface area contributed by atoms with E-state index in [9.17, 15) is 24.3 Å². The van der Waals surface area contributed by atoms with Crippen LogP contribution in [0.2, 0.25) is 0 Å². The van der Waals surface area contributed by atoms with Gasteiger partial charge in [-0.3, -0.25) is 14.4 Å². The zero-order valence-corrected chi connectivity index (χ0v) is 25.1. The van der Waals surface area contributed by atoms with Gasteiger partial charge in [-0.25, -0.2) is 4.79 Å². The molecule has 0 saturated heterocycles. The molecule has 0 aromatic heterocycles. The van der Waals surface area contributed by atoms with E-state index in [1.165, 1.54) is 17.0 Å². The predicted octanol–water partition coefficient (Wildman–Crippen LogP) is 4.70. The Morgan fingerprint density at radius 1 is 0.950 bits per heavy atom. The molecule has 0 heterocycles. The first-order valence-electron chi connectivity index (χ1n) is 14.5. The Labute approximate surface area is 239 Å². The van der Waals surface area contributed by atoms with E-state index in [-0.39, 0.29) is 24.2 Å². The number of phenols is 1. The Bertz CT molecular complexity index is 945. The normalized spacial score (nSPS) is 13.6. The number of carbonyl (C=O) groups excluding carboxylic acids is 4. The molecule has 3 atom stereocenters. The van der Waals surface area contributed by atoms with E-state index in [0.29, 0.717) is 12.0 Å². The highest BCUT2D eigenvalue weighted by atomic mass is 16.6. The number of nitrogens with one attached hydrogen (secondary N) is 2. The van der Waals surface area contributed by atoms with Crippen molar-refractivity contribution in [3.8, 4) is 5.75 Å². The number of nitrogens with zero attached hydrogens (tertiary/aromatic N) is 1. The van der Waals surface area contributed by atoms with Gasteiger partial charge >= 0.3 is 6.09 Å². The van der Waals surface area contributed by atoms with Gasteiger partial charge in [0.1, 0.15) is 23.4 Å². The van der Waals surface area contributed by atoms with Gasteiger partial charge in [-0.1, -0.05) is 64.5 Å². The molecule has 0 fully saturated rings. The summed E-state index contributed by atoms with van der Waals surface area (Å²) in [5, 5.41) is 15.4. The van der Waals surface area contributed by atoms with Gasteiger partial charge in [0.05, 0.1) is 6.42 Å². The van der Waals surface area contributed by atoms with E-state index in [1.807, 2.05) is 13.8 Å². The SMILES string of the molecule is CCCCCCCCN(C(=O)C(CC(N)=O)NC(=O)OC(C)(C)C)C(C(=O)NC(C)CCC)c1ccc(O)cc1. The van der Waals surface area contributed by atoms with Gasteiger partial charge in [0.25, 0.3) is 0 Å². The van der Waals surface area contributed by atoms with Crippen LogP contribution in [-0.2, 0) is 19.1 Å². The molecule has 0 aliphatic rings. The smallest absolute Gasteiger partial charge is 0.408 e. The number of amides is 4. The van der Waals surface area contributed by atoms with Crippen LogP contribution in [0.5, 0.6) is 5.75 Å². The molecular formula is C30H50N4O6. The lowest BCUT2D eigenvalue weighted by Gasteiger charge is -2.35. The number of aromatic hydroxyl groups is 1. The van der Waals surface area contributed by atoms with Gasteiger partial charge in [-0.15, -0.1) is 0 Å². The molecule has 226 valence electrons. The molecule has 3 unspecified atom stereocenters. The van der Waals surface area contributed by atoms with Crippen LogP contribution in [-0.4, -0.2) is 58.1 Å². The molecule has 0 saturated carbocycles. The monoisotopic (exact) mass is 562 g/mol. The van der Waals surface area contributed by atoms with Crippen molar-refractivity contribution in [1.29, 1.82) is 0 Å². The number of unbranched alkanes of at least 4 members (excludes halogenated alkanes) is 5. The molecule has 0 aliphatic carbocycles. The van der Waals surface area contributed by atoms with Gasteiger partial charge in [0.2, 0.25) is 17.7 Å². The third-order valence-electron chi connectivity index (χ3n) is 6.31. The van der Waals surface area contributed by atoms with Crippen molar-refractivity contribution >= 4 is 23.8 Å². The van der Waals surface area contributed by atoms with Gasteiger partial charge in [-0.2, -0.15) is 0 Å². The third-order valence-corrected chi connectivity index (χ3v) is 6.31. The molecule has 0 radical (unpaired) electrons. The first kappa shape index (κ1) is 34.7. The molecule has 0 spiro atoms. The highest BCUT2D eigenvalue weighted by molar-refractivity contribution is 5.94. The summed E-state index contributed by atoms with van der Waals surface area (Å²) in [5.41, 5.74) is 5.12. The molecular weight excluding hydrogens is 512 g/mol. The fourth-order valence-corrected chi connectivity index (χ4v) is 4.44. The standard InChI is InChI=1S/C30H50N4O6/c1-7-9-10-11-12-13-19-34(28(38)24(20-25(31)36)33-29(39)40-30(4,5)6)26(22-15-17-23(35)18-16-22)27(37)32-21(3)14-8-2/h15-18,21,24,26,35H,7-14,19-20H2,1-6H3,(H2,31,36)(H,32,37)(H,33,39). The molecule has 10 heteroatoms. The maximum absolute atomic E-state index is 14.1. The summed E-state index contributed by atoms with van der Waals surface area (Å²) in [6.07, 6.45) is 6.06. The zero-order chi connectivity index (χ0) is 30.3. The average molecular weight is 563 g/mol. The van der Waals surface area contributed by atoms with Crippen molar-refractivity contribution in [3.63, 3.8) is 0 Å². The third kappa shape index (κ3) is 13.2. The maximum atomic E-state index is 14.1. The van der Waals surface area contributed by atoms with Crippen molar-refractivity contribution in [1.82, 2.24) is 15.5 Å². The number of nitrogens with two attached hydrogens (primary N) is 1. The van der Waals surface area contributed by atoms with Crippen molar-refractivity contribution in [2.75, 3.05) is 6.54 Å². The molecule has 0 aliphatic heterocycles. The summed E-state index contributed by atoms with van der Waals surface area (Å²) >= 11 is 0. The van der Waals surface area contributed by atoms with E-state index in [1.54, 1.807) is 32.9 Å². The van der Waals surface area contributed by atoms with Crippen molar-refractivity contribution in [2.24, 2.45) is 5.73 Å². The Morgan fingerprint density at radius 2 is 1.55 bits per heavy atom. The number of ether oxygens (including phenoxy) is 1. The lowest BCUT2D eigenvalue weighted by molar-refractivity contribution is -0.143. The first-order chi connectivity index (χ1) is 18.8. The van der Waals surface area contributed by atoms with Gasteiger partial charge < -0.3 is 31.1 Å². The molecule has 1 aromatic carbocycles. The topological polar surface area (TPSA) is 151 Å². The summed E-state index contributed by atoms with van der Waals surface area (Å²) in [6, 6.07) is 3.58. The van der Waals surface area contributed by atoms with Crippen LogP contribution in [0.1, 0.15) is 111 Å². The minimum Gasteiger partial charge on any atom is -0.508 e. The number of alkyl carbamates (subject to hydrolysis) is 1. The Balaban J connectivity index is 3.45. The average Bonchev–Trinajstić information content (AvgIpc) is 2.84. The minimum absolute atomic E-state index is 0.0225. The van der Waals surface area contributed by atoms with Crippen LogP contribution in [0.25, 0.3) is 0 Å². The van der Waals surface area contributed by atoms with Crippen LogP contribution < -0.4 is 16.4 Å². The van der Waals surface area contributed by atoms with Gasteiger partial charge in [-0.05, 0) is 58.2 Å². The maximum Gasteiger partial charge on any atom is 0.408 e.